The summed E-state index contributed by atoms with van der Waals surface area (Å²) in [6.45, 7) is -0.156. The molecular weight excluding hydrogens is 399 g/mol. The fourth-order valence-electron chi connectivity index (χ4n) is 1.98. The van der Waals surface area contributed by atoms with Crippen molar-refractivity contribution in [2.75, 3.05) is 13.2 Å². The van der Waals surface area contributed by atoms with Crippen molar-refractivity contribution < 1.29 is 19.1 Å². The topological polar surface area (TPSA) is 84.5 Å². The van der Waals surface area contributed by atoms with Gasteiger partial charge in [0.2, 0.25) is 0 Å². The van der Waals surface area contributed by atoms with Crippen molar-refractivity contribution in [3.05, 3.63) is 56.2 Å². The predicted octanol–water partition coefficient (Wildman–Crippen LogP) is 3.21. The third-order valence-corrected chi connectivity index (χ3v) is 4.73. The molecule has 0 fully saturated rings. The van der Waals surface area contributed by atoms with E-state index in [-0.39, 0.29) is 6.42 Å². The molecule has 0 aliphatic heterocycles. The molecule has 0 radical (unpaired) electrons. The van der Waals surface area contributed by atoms with E-state index in [0.717, 1.165) is 4.88 Å². The van der Waals surface area contributed by atoms with E-state index >= 15 is 0 Å². The van der Waals surface area contributed by atoms with Gasteiger partial charge in [-0.1, -0.05) is 35.3 Å². The van der Waals surface area contributed by atoms with Gasteiger partial charge >= 0.3 is 12.0 Å². The molecule has 0 saturated heterocycles. The summed E-state index contributed by atoms with van der Waals surface area (Å²) in [6, 6.07) is 7.97. The Labute approximate surface area is 164 Å². The Balaban J connectivity index is 1.65. The van der Waals surface area contributed by atoms with Crippen molar-refractivity contribution in [1.29, 1.82) is 0 Å². The average Bonchev–Trinajstić information content (AvgIpc) is 3.09. The normalized spacial score (nSPS) is 10.2. The van der Waals surface area contributed by atoms with Crippen LogP contribution in [-0.4, -0.2) is 31.1 Å². The van der Waals surface area contributed by atoms with Crippen LogP contribution in [0.5, 0.6) is 0 Å². The van der Waals surface area contributed by atoms with Crippen LogP contribution in [0.2, 0.25) is 10.0 Å². The summed E-state index contributed by atoms with van der Waals surface area (Å²) in [4.78, 5) is 36.1. The van der Waals surface area contributed by atoms with Gasteiger partial charge in [-0.3, -0.25) is 14.9 Å². The molecule has 3 amide bonds. The number of halogens is 2. The Morgan fingerprint density at radius 2 is 1.96 bits per heavy atom. The fourth-order valence-corrected chi connectivity index (χ4v) is 3.16. The van der Waals surface area contributed by atoms with Gasteiger partial charge < -0.3 is 10.1 Å². The molecule has 1 aromatic heterocycles. The summed E-state index contributed by atoms with van der Waals surface area (Å²) >= 11 is 13.3. The van der Waals surface area contributed by atoms with Crippen molar-refractivity contribution >= 4 is 52.4 Å². The number of urea groups is 1. The highest BCUT2D eigenvalue weighted by Gasteiger charge is 2.13. The molecule has 26 heavy (non-hydrogen) atoms. The summed E-state index contributed by atoms with van der Waals surface area (Å²) < 4.78 is 4.84. The van der Waals surface area contributed by atoms with E-state index in [1.807, 2.05) is 17.5 Å². The summed E-state index contributed by atoms with van der Waals surface area (Å²) in [6.07, 6.45) is 0.576. The van der Waals surface area contributed by atoms with Gasteiger partial charge in [0, 0.05) is 21.5 Å². The highest BCUT2D eigenvalue weighted by molar-refractivity contribution is 7.09. The van der Waals surface area contributed by atoms with E-state index in [0.29, 0.717) is 28.6 Å². The number of hydrogen-bond acceptors (Lipinski definition) is 5. The van der Waals surface area contributed by atoms with Crippen LogP contribution in [0.1, 0.15) is 10.4 Å². The minimum Gasteiger partial charge on any atom is -0.455 e. The third kappa shape index (κ3) is 7.03. The van der Waals surface area contributed by atoms with Crippen LogP contribution in [0.15, 0.2) is 35.7 Å². The summed E-state index contributed by atoms with van der Waals surface area (Å²) in [5.74, 6) is -1.35. The Morgan fingerprint density at radius 3 is 2.65 bits per heavy atom. The monoisotopic (exact) mass is 414 g/mol. The van der Waals surface area contributed by atoms with Crippen molar-refractivity contribution in [3.8, 4) is 0 Å². The number of amides is 3. The molecule has 6 nitrogen and oxygen atoms in total. The molecule has 0 saturated carbocycles. The quantitative estimate of drug-likeness (QED) is 0.681. The number of rotatable bonds is 7. The number of thiophene rings is 1. The van der Waals surface area contributed by atoms with E-state index in [9.17, 15) is 14.4 Å². The maximum absolute atomic E-state index is 11.7. The molecule has 0 unspecified atom stereocenters. The molecule has 2 aromatic rings. The highest BCUT2D eigenvalue weighted by atomic mass is 35.5. The maximum Gasteiger partial charge on any atom is 0.321 e. The van der Waals surface area contributed by atoms with Gasteiger partial charge in [-0.25, -0.2) is 4.79 Å². The highest BCUT2D eigenvalue weighted by Crippen LogP contribution is 2.21. The van der Waals surface area contributed by atoms with Gasteiger partial charge in [-0.15, -0.1) is 11.3 Å². The standard InChI is InChI=1S/C17H16Cl2N2O4S/c18-12-4-3-11(14(19)9-12)8-16(23)25-10-15(22)21-17(24)20-6-5-13-2-1-7-26-13/h1-4,7,9H,5-6,8,10H2,(H2,20,21,22,24). The van der Waals surface area contributed by atoms with Crippen molar-refractivity contribution in [2.45, 2.75) is 12.8 Å². The van der Waals surface area contributed by atoms with Crippen LogP contribution in [-0.2, 0) is 27.2 Å². The molecule has 1 aromatic carbocycles. The first-order valence-electron chi connectivity index (χ1n) is 7.63. The lowest BCUT2D eigenvalue weighted by atomic mass is 10.1. The zero-order chi connectivity index (χ0) is 18.9. The lowest BCUT2D eigenvalue weighted by Gasteiger charge is -2.08. The number of imide groups is 1. The summed E-state index contributed by atoms with van der Waals surface area (Å²) in [5, 5.41) is 7.39. The molecule has 2 rings (SSSR count). The Kier molecular flexibility index (Phi) is 7.90. The van der Waals surface area contributed by atoms with Crippen LogP contribution >= 0.6 is 34.5 Å². The van der Waals surface area contributed by atoms with Gasteiger partial charge in [-0.2, -0.15) is 0 Å². The van der Waals surface area contributed by atoms with Crippen molar-refractivity contribution in [1.82, 2.24) is 10.6 Å². The first kappa shape index (κ1) is 20.2. The van der Waals surface area contributed by atoms with E-state index < -0.39 is 24.5 Å². The van der Waals surface area contributed by atoms with Gasteiger partial charge in [0.15, 0.2) is 6.61 Å². The van der Waals surface area contributed by atoms with Crippen LogP contribution in [0.25, 0.3) is 0 Å². The molecule has 0 aliphatic rings. The Hall–Kier alpha value is -2.09. The van der Waals surface area contributed by atoms with Crippen molar-refractivity contribution in [2.24, 2.45) is 0 Å². The van der Waals surface area contributed by atoms with Gasteiger partial charge in [0.05, 0.1) is 6.42 Å². The van der Waals surface area contributed by atoms with Crippen molar-refractivity contribution in [3.63, 3.8) is 0 Å². The first-order chi connectivity index (χ1) is 12.4. The molecule has 2 N–H and O–H groups in total. The summed E-state index contributed by atoms with van der Waals surface area (Å²) in [7, 11) is 0. The Morgan fingerprint density at radius 1 is 1.15 bits per heavy atom. The van der Waals surface area contributed by atoms with Crippen LogP contribution in [0.3, 0.4) is 0 Å². The van der Waals surface area contributed by atoms with Crippen LogP contribution < -0.4 is 10.6 Å². The van der Waals surface area contributed by atoms with Gasteiger partial charge in [0.25, 0.3) is 5.91 Å². The lowest BCUT2D eigenvalue weighted by molar-refractivity contribution is -0.147. The SMILES string of the molecule is O=C(COC(=O)Cc1ccc(Cl)cc1Cl)NC(=O)NCCc1cccs1. The van der Waals surface area contributed by atoms with Crippen LogP contribution in [0.4, 0.5) is 4.79 Å². The molecule has 138 valence electrons. The number of carbonyl (C=O) groups excluding carboxylic acids is 3. The number of carbonyl (C=O) groups is 3. The second kappa shape index (κ2) is 10.2. The second-order valence-corrected chi connectivity index (χ2v) is 7.08. The number of benzene rings is 1. The average molecular weight is 415 g/mol. The number of nitrogens with one attached hydrogen (secondary N) is 2. The van der Waals surface area contributed by atoms with E-state index in [2.05, 4.69) is 10.6 Å². The maximum atomic E-state index is 11.7. The van der Waals surface area contributed by atoms with Gasteiger partial charge in [-0.05, 0) is 35.6 Å². The first-order valence-corrected chi connectivity index (χ1v) is 9.27. The molecule has 1 heterocycles. The lowest BCUT2D eigenvalue weighted by Crippen LogP contribution is -2.42. The molecule has 9 heteroatoms. The summed E-state index contributed by atoms with van der Waals surface area (Å²) in [5.41, 5.74) is 0.535. The number of ether oxygens (including phenoxy) is 1. The van der Waals surface area contributed by atoms with E-state index in [4.69, 9.17) is 27.9 Å². The predicted molar refractivity (Wildman–Crippen MR) is 101 cm³/mol. The minimum absolute atomic E-state index is 0.101. The van der Waals surface area contributed by atoms with E-state index in [1.54, 1.807) is 23.5 Å². The minimum atomic E-state index is -0.714. The largest absolute Gasteiger partial charge is 0.455 e. The molecule has 0 atom stereocenters. The van der Waals surface area contributed by atoms with Gasteiger partial charge in [0.1, 0.15) is 0 Å². The molecule has 0 spiro atoms. The smallest absolute Gasteiger partial charge is 0.321 e. The Bertz CT molecular complexity index is 781. The molecular formula is C17H16Cl2N2O4S. The molecule has 0 aliphatic carbocycles. The zero-order valence-corrected chi connectivity index (χ0v) is 15.9. The van der Waals surface area contributed by atoms with Crippen LogP contribution in [0, 0.1) is 0 Å². The molecule has 0 bridgehead atoms. The fraction of sp³-hybridized carbons (Fsp3) is 0.235. The van der Waals surface area contributed by atoms with E-state index in [1.165, 1.54) is 6.07 Å². The number of esters is 1. The zero-order valence-electron chi connectivity index (χ0n) is 13.6. The third-order valence-electron chi connectivity index (χ3n) is 3.20. The second-order valence-electron chi connectivity index (χ2n) is 5.21. The number of hydrogen-bond donors (Lipinski definition) is 2.